The summed E-state index contributed by atoms with van der Waals surface area (Å²) in [6.07, 6.45) is -8.02. The first-order valence-electron chi connectivity index (χ1n) is 5.89. The average Bonchev–Trinajstić information content (AvgIpc) is 2.28. The molecule has 1 rings (SSSR count). The number of alkyl halides is 5. The van der Waals surface area contributed by atoms with E-state index in [0.29, 0.717) is 12.8 Å². The maximum atomic E-state index is 12.6. The molecule has 1 aromatic rings. The van der Waals surface area contributed by atoms with Gasteiger partial charge in [-0.2, -0.15) is 22.0 Å². The fraction of sp³-hybridized carbons (Fsp3) is 0.538. The number of hydrogen-bond acceptors (Lipinski definition) is 1. The number of aliphatic hydroxyl groups is 1. The molecule has 0 amide bonds. The van der Waals surface area contributed by atoms with Crippen LogP contribution >= 0.6 is 0 Å². The van der Waals surface area contributed by atoms with Crippen LogP contribution in [0.5, 0.6) is 0 Å². The van der Waals surface area contributed by atoms with Gasteiger partial charge >= 0.3 is 12.1 Å². The molecular formula is C13H15F5O. The summed E-state index contributed by atoms with van der Waals surface area (Å²) < 4.78 is 61.1. The summed E-state index contributed by atoms with van der Waals surface area (Å²) in [6.45, 7) is 0. The molecule has 0 fully saturated rings. The van der Waals surface area contributed by atoms with Crippen LogP contribution in [0.2, 0.25) is 0 Å². The Morgan fingerprint density at radius 2 is 1.58 bits per heavy atom. The van der Waals surface area contributed by atoms with Gasteiger partial charge in [0.05, 0.1) is 6.10 Å². The molecule has 1 unspecified atom stereocenters. The minimum absolute atomic E-state index is 0.0828. The van der Waals surface area contributed by atoms with E-state index >= 15 is 0 Å². The number of benzene rings is 1. The molecule has 0 saturated carbocycles. The molecule has 0 aliphatic carbocycles. The monoisotopic (exact) mass is 282 g/mol. The summed E-state index contributed by atoms with van der Waals surface area (Å²) in [6, 6.07) is 9.10. The SMILES string of the molecule is OC(CCCc1ccccc1)CC(F)(F)C(F)(F)F. The maximum absolute atomic E-state index is 12.6. The lowest BCUT2D eigenvalue weighted by Gasteiger charge is -2.22. The predicted molar refractivity (Wildman–Crippen MR) is 61.0 cm³/mol. The molecule has 0 aliphatic heterocycles. The molecule has 1 atom stereocenters. The second-order valence-electron chi connectivity index (χ2n) is 4.44. The van der Waals surface area contributed by atoms with Gasteiger partial charge in [-0.1, -0.05) is 30.3 Å². The van der Waals surface area contributed by atoms with Crippen LogP contribution in [0.15, 0.2) is 30.3 Å². The summed E-state index contributed by atoms with van der Waals surface area (Å²) >= 11 is 0. The highest BCUT2D eigenvalue weighted by atomic mass is 19.4. The van der Waals surface area contributed by atoms with Gasteiger partial charge in [-0.25, -0.2) is 0 Å². The van der Waals surface area contributed by atoms with E-state index in [1.165, 1.54) is 0 Å². The first kappa shape index (κ1) is 15.9. The molecule has 19 heavy (non-hydrogen) atoms. The van der Waals surface area contributed by atoms with Gasteiger partial charge in [0.15, 0.2) is 0 Å². The van der Waals surface area contributed by atoms with Gasteiger partial charge in [-0.15, -0.1) is 0 Å². The summed E-state index contributed by atoms with van der Waals surface area (Å²) in [5, 5.41) is 9.25. The third-order valence-electron chi connectivity index (χ3n) is 2.75. The molecule has 0 spiro atoms. The lowest BCUT2D eigenvalue weighted by Crippen LogP contribution is -2.39. The molecule has 0 saturated heterocycles. The van der Waals surface area contributed by atoms with Crippen LogP contribution in [-0.2, 0) is 6.42 Å². The average molecular weight is 282 g/mol. The summed E-state index contributed by atoms with van der Waals surface area (Å²) in [4.78, 5) is 0. The van der Waals surface area contributed by atoms with Crippen LogP contribution in [0.1, 0.15) is 24.8 Å². The van der Waals surface area contributed by atoms with Gasteiger partial charge < -0.3 is 5.11 Å². The molecule has 0 aromatic heterocycles. The second kappa shape index (κ2) is 6.32. The number of aliphatic hydroxyl groups excluding tert-OH is 1. The van der Waals surface area contributed by atoms with Gasteiger partial charge in [-0.3, -0.25) is 0 Å². The van der Waals surface area contributed by atoms with Crippen molar-refractivity contribution in [1.29, 1.82) is 0 Å². The zero-order valence-corrected chi connectivity index (χ0v) is 10.1. The molecular weight excluding hydrogens is 267 g/mol. The highest BCUT2D eigenvalue weighted by Gasteiger charge is 2.57. The Morgan fingerprint density at radius 3 is 2.11 bits per heavy atom. The number of rotatable bonds is 6. The van der Waals surface area contributed by atoms with Crippen LogP contribution in [0.4, 0.5) is 22.0 Å². The molecule has 108 valence electrons. The zero-order chi connectivity index (χ0) is 14.5. The Bertz CT molecular complexity index is 374. The van der Waals surface area contributed by atoms with Crippen molar-refractivity contribution in [2.24, 2.45) is 0 Å². The lowest BCUT2D eigenvalue weighted by atomic mass is 10.0. The summed E-state index contributed by atoms with van der Waals surface area (Å²) in [5.41, 5.74) is 0.956. The van der Waals surface area contributed by atoms with Crippen LogP contribution in [0.25, 0.3) is 0 Å². The van der Waals surface area contributed by atoms with E-state index in [9.17, 15) is 27.1 Å². The molecule has 0 aliphatic rings. The summed E-state index contributed by atoms with van der Waals surface area (Å²) in [7, 11) is 0. The molecule has 1 nitrogen and oxygen atoms in total. The van der Waals surface area contributed by atoms with Crippen LogP contribution in [0, 0.1) is 0 Å². The van der Waals surface area contributed by atoms with Gasteiger partial charge in [0.1, 0.15) is 0 Å². The lowest BCUT2D eigenvalue weighted by molar-refractivity contribution is -0.290. The third-order valence-corrected chi connectivity index (χ3v) is 2.75. The van der Waals surface area contributed by atoms with Gasteiger partial charge in [-0.05, 0) is 24.8 Å². The Labute approximate surface area is 108 Å². The smallest absolute Gasteiger partial charge is 0.393 e. The maximum Gasteiger partial charge on any atom is 0.453 e. The number of aryl methyl sites for hydroxylation is 1. The van der Waals surface area contributed by atoms with Crippen molar-refractivity contribution >= 4 is 0 Å². The van der Waals surface area contributed by atoms with Crippen LogP contribution < -0.4 is 0 Å². The van der Waals surface area contributed by atoms with Crippen LogP contribution in [0.3, 0.4) is 0 Å². The molecule has 0 heterocycles. The van der Waals surface area contributed by atoms with E-state index in [-0.39, 0.29) is 6.42 Å². The highest BCUT2D eigenvalue weighted by Crippen LogP contribution is 2.39. The first-order chi connectivity index (χ1) is 8.72. The normalized spacial score (nSPS) is 14.4. The van der Waals surface area contributed by atoms with E-state index in [2.05, 4.69) is 0 Å². The molecule has 1 aromatic carbocycles. The van der Waals surface area contributed by atoms with E-state index < -0.39 is 24.6 Å². The predicted octanol–water partition coefficient (Wildman–Crippen LogP) is 3.96. The van der Waals surface area contributed by atoms with E-state index in [0.717, 1.165) is 5.56 Å². The summed E-state index contributed by atoms with van der Waals surface area (Å²) in [5.74, 6) is -4.83. The van der Waals surface area contributed by atoms with Gasteiger partial charge in [0.25, 0.3) is 0 Å². The van der Waals surface area contributed by atoms with Crippen molar-refractivity contribution < 1.29 is 27.1 Å². The quantitative estimate of drug-likeness (QED) is 0.783. The Kier molecular flexibility index (Phi) is 5.29. The zero-order valence-electron chi connectivity index (χ0n) is 10.1. The van der Waals surface area contributed by atoms with Crippen molar-refractivity contribution in [3.05, 3.63) is 35.9 Å². The number of halogens is 5. The van der Waals surface area contributed by atoms with E-state index in [1.54, 1.807) is 0 Å². The van der Waals surface area contributed by atoms with Crippen molar-refractivity contribution in [1.82, 2.24) is 0 Å². The van der Waals surface area contributed by atoms with Crippen molar-refractivity contribution in [2.45, 2.75) is 43.9 Å². The Balaban J connectivity index is 2.34. The minimum atomic E-state index is -5.60. The first-order valence-corrected chi connectivity index (χ1v) is 5.89. The Hall–Kier alpha value is -1.17. The molecule has 0 radical (unpaired) electrons. The molecule has 6 heteroatoms. The highest BCUT2D eigenvalue weighted by molar-refractivity contribution is 5.14. The van der Waals surface area contributed by atoms with Crippen molar-refractivity contribution in [2.75, 3.05) is 0 Å². The molecule has 1 N–H and O–H groups in total. The second-order valence-corrected chi connectivity index (χ2v) is 4.44. The minimum Gasteiger partial charge on any atom is -0.393 e. The van der Waals surface area contributed by atoms with E-state index in [1.807, 2.05) is 30.3 Å². The fourth-order valence-electron chi connectivity index (χ4n) is 1.70. The van der Waals surface area contributed by atoms with Gasteiger partial charge in [0.2, 0.25) is 0 Å². The van der Waals surface area contributed by atoms with Crippen molar-refractivity contribution in [3.63, 3.8) is 0 Å². The van der Waals surface area contributed by atoms with Crippen LogP contribution in [-0.4, -0.2) is 23.3 Å². The largest absolute Gasteiger partial charge is 0.453 e. The van der Waals surface area contributed by atoms with Gasteiger partial charge in [0, 0.05) is 6.42 Å². The molecule has 0 bridgehead atoms. The third kappa shape index (κ3) is 5.14. The van der Waals surface area contributed by atoms with Crippen molar-refractivity contribution in [3.8, 4) is 0 Å². The topological polar surface area (TPSA) is 20.2 Å². The number of hydrogen-bond donors (Lipinski definition) is 1. The fourth-order valence-corrected chi connectivity index (χ4v) is 1.70. The standard InChI is InChI=1S/C13H15F5O/c14-12(15,13(16,17)18)9-11(19)8-4-7-10-5-2-1-3-6-10/h1-3,5-6,11,19H,4,7-9H2. The Morgan fingerprint density at radius 1 is 1.00 bits per heavy atom. The van der Waals surface area contributed by atoms with E-state index in [4.69, 9.17) is 0 Å².